The van der Waals surface area contributed by atoms with E-state index in [1.165, 1.54) is 12.3 Å². The lowest BCUT2D eigenvalue weighted by Gasteiger charge is -2.18. The maximum atomic E-state index is 12.2. The molecular weight excluding hydrogens is 252 g/mol. The number of aromatic amines is 1. The molecular formula is C16H16N2O2. The number of hydrogen-bond acceptors (Lipinski definition) is 2. The summed E-state index contributed by atoms with van der Waals surface area (Å²) < 4.78 is 0. The van der Waals surface area contributed by atoms with Crippen LogP contribution in [0.4, 0.5) is 0 Å². The van der Waals surface area contributed by atoms with E-state index in [0.29, 0.717) is 11.5 Å². The van der Waals surface area contributed by atoms with Gasteiger partial charge in [-0.15, -0.1) is 0 Å². The molecule has 1 aromatic heterocycles. The minimum Gasteiger partial charge on any atom is -0.345 e. The highest BCUT2D eigenvalue weighted by atomic mass is 16.2. The fraction of sp³-hybridized carbons (Fsp3) is 0.250. The number of aromatic nitrogens is 1. The van der Waals surface area contributed by atoms with E-state index in [1.807, 2.05) is 30.3 Å². The van der Waals surface area contributed by atoms with Crippen molar-refractivity contribution in [3.63, 3.8) is 0 Å². The number of hydrogen-bond donors (Lipinski definition) is 2. The van der Waals surface area contributed by atoms with Gasteiger partial charge >= 0.3 is 0 Å². The summed E-state index contributed by atoms with van der Waals surface area (Å²) in [6.07, 6.45) is 3.74. The van der Waals surface area contributed by atoms with Crippen molar-refractivity contribution in [2.24, 2.45) is 5.92 Å². The van der Waals surface area contributed by atoms with E-state index in [1.54, 1.807) is 6.07 Å². The van der Waals surface area contributed by atoms with E-state index in [-0.39, 0.29) is 17.5 Å². The van der Waals surface area contributed by atoms with E-state index in [0.717, 1.165) is 18.4 Å². The summed E-state index contributed by atoms with van der Waals surface area (Å²) in [5.74, 6) is 0.367. The van der Waals surface area contributed by atoms with Gasteiger partial charge in [0.15, 0.2) is 0 Å². The molecule has 1 aromatic carbocycles. The second-order valence-corrected chi connectivity index (χ2v) is 5.14. The molecule has 1 saturated carbocycles. The Bertz CT molecular complexity index is 639. The van der Waals surface area contributed by atoms with Crippen LogP contribution in [-0.4, -0.2) is 10.9 Å². The molecule has 2 N–H and O–H groups in total. The number of carbonyl (C=O) groups excluding carboxylic acids is 1. The zero-order valence-electron chi connectivity index (χ0n) is 11.0. The van der Waals surface area contributed by atoms with E-state index in [4.69, 9.17) is 0 Å². The van der Waals surface area contributed by atoms with Gasteiger partial charge in [-0.25, -0.2) is 0 Å². The molecule has 0 radical (unpaired) electrons. The average molecular weight is 268 g/mol. The maximum absolute atomic E-state index is 12.2. The molecule has 4 heteroatoms. The minimum absolute atomic E-state index is 0.0515. The van der Waals surface area contributed by atoms with Crippen molar-refractivity contribution >= 4 is 5.91 Å². The van der Waals surface area contributed by atoms with Crippen molar-refractivity contribution in [3.8, 4) is 0 Å². The third kappa shape index (κ3) is 2.79. The van der Waals surface area contributed by atoms with Gasteiger partial charge in [0.2, 0.25) is 5.56 Å². The lowest BCUT2D eigenvalue weighted by molar-refractivity contribution is 0.0931. The second kappa shape index (κ2) is 5.33. The summed E-state index contributed by atoms with van der Waals surface area (Å²) in [4.78, 5) is 25.8. The molecule has 1 heterocycles. The molecule has 2 aromatic rings. The smallest absolute Gasteiger partial charge is 0.253 e. The SMILES string of the molecule is O=C(NC(c1ccccc1)C1CC1)c1ccc(=O)[nH]c1. The topological polar surface area (TPSA) is 62.0 Å². The first-order valence-corrected chi connectivity index (χ1v) is 6.78. The molecule has 1 aliphatic rings. The number of carbonyl (C=O) groups is 1. The lowest BCUT2D eigenvalue weighted by atomic mass is 10.0. The molecule has 0 aliphatic heterocycles. The maximum Gasteiger partial charge on any atom is 0.253 e. The number of rotatable bonds is 4. The molecule has 3 rings (SSSR count). The summed E-state index contributed by atoms with van der Waals surface area (Å²) in [5.41, 5.74) is 1.40. The van der Waals surface area contributed by atoms with Crippen LogP contribution in [0.15, 0.2) is 53.5 Å². The van der Waals surface area contributed by atoms with Gasteiger partial charge in [-0.3, -0.25) is 9.59 Å². The number of benzene rings is 1. The van der Waals surface area contributed by atoms with Crippen molar-refractivity contribution in [3.05, 3.63) is 70.1 Å². The third-order valence-electron chi connectivity index (χ3n) is 3.59. The Morgan fingerprint density at radius 2 is 1.90 bits per heavy atom. The molecule has 1 atom stereocenters. The standard InChI is InChI=1S/C16H16N2O2/c19-14-9-8-13(10-17-14)16(20)18-15(12-6-7-12)11-4-2-1-3-5-11/h1-5,8-10,12,15H,6-7H2,(H,17,19)(H,18,20). The Kier molecular flexibility index (Phi) is 3.37. The number of amides is 1. The van der Waals surface area contributed by atoms with E-state index in [9.17, 15) is 9.59 Å². The Labute approximate surface area is 116 Å². The Morgan fingerprint density at radius 1 is 1.15 bits per heavy atom. The molecule has 4 nitrogen and oxygen atoms in total. The van der Waals surface area contributed by atoms with Gasteiger partial charge in [-0.05, 0) is 30.4 Å². The molecule has 102 valence electrons. The molecule has 20 heavy (non-hydrogen) atoms. The van der Waals surface area contributed by atoms with Gasteiger partial charge in [-0.2, -0.15) is 0 Å². The summed E-state index contributed by atoms with van der Waals surface area (Å²) in [6, 6.07) is 13.0. The van der Waals surface area contributed by atoms with Crippen LogP contribution in [0.1, 0.15) is 34.8 Å². The van der Waals surface area contributed by atoms with Crippen LogP contribution < -0.4 is 10.9 Å². The van der Waals surface area contributed by atoms with E-state index >= 15 is 0 Å². The number of pyridine rings is 1. The molecule has 1 aliphatic carbocycles. The molecule has 1 amide bonds. The van der Waals surface area contributed by atoms with Crippen LogP contribution in [0.5, 0.6) is 0 Å². The third-order valence-corrected chi connectivity index (χ3v) is 3.59. The quantitative estimate of drug-likeness (QED) is 0.893. The normalized spacial score (nSPS) is 15.6. The fourth-order valence-corrected chi connectivity index (χ4v) is 2.34. The van der Waals surface area contributed by atoms with E-state index < -0.39 is 0 Å². The highest BCUT2D eigenvalue weighted by molar-refractivity contribution is 5.94. The van der Waals surface area contributed by atoms with Gasteiger partial charge in [0.25, 0.3) is 5.91 Å². The van der Waals surface area contributed by atoms with Gasteiger partial charge in [0.1, 0.15) is 0 Å². The summed E-state index contributed by atoms with van der Waals surface area (Å²) >= 11 is 0. The van der Waals surface area contributed by atoms with Crippen LogP contribution in [0, 0.1) is 5.92 Å². The van der Waals surface area contributed by atoms with Gasteiger partial charge in [0, 0.05) is 12.3 Å². The highest BCUT2D eigenvalue weighted by Crippen LogP contribution is 2.41. The molecule has 0 saturated heterocycles. The highest BCUT2D eigenvalue weighted by Gasteiger charge is 2.33. The summed E-state index contributed by atoms with van der Waals surface area (Å²) in [5, 5.41) is 3.07. The van der Waals surface area contributed by atoms with Crippen LogP contribution in [0.25, 0.3) is 0 Å². The largest absolute Gasteiger partial charge is 0.345 e. The first-order chi connectivity index (χ1) is 9.74. The second-order valence-electron chi connectivity index (χ2n) is 5.14. The van der Waals surface area contributed by atoms with Crippen molar-refractivity contribution in [2.75, 3.05) is 0 Å². The number of H-pyrrole nitrogens is 1. The molecule has 0 bridgehead atoms. The van der Waals surface area contributed by atoms with Crippen molar-refractivity contribution < 1.29 is 4.79 Å². The first kappa shape index (κ1) is 12.7. The van der Waals surface area contributed by atoms with Crippen molar-refractivity contribution in [2.45, 2.75) is 18.9 Å². The molecule has 0 spiro atoms. The van der Waals surface area contributed by atoms with Crippen LogP contribution in [-0.2, 0) is 0 Å². The van der Waals surface area contributed by atoms with Crippen LogP contribution >= 0.6 is 0 Å². The Balaban J connectivity index is 1.78. The lowest BCUT2D eigenvalue weighted by Crippen LogP contribution is -2.30. The predicted molar refractivity (Wildman–Crippen MR) is 76.4 cm³/mol. The van der Waals surface area contributed by atoms with Crippen LogP contribution in [0.2, 0.25) is 0 Å². The summed E-state index contributed by atoms with van der Waals surface area (Å²) in [7, 11) is 0. The van der Waals surface area contributed by atoms with Gasteiger partial charge in [-0.1, -0.05) is 30.3 Å². The average Bonchev–Trinajstić information content (AvgIpc) is 3.31. The minimum atomic E-state index is -0.205. The monoisotopic (exact) mass is 268 g/mol. The summed E-state index contributed by atoms with van der Waals surface area (Å²) in [6.45, 7) is 0. The predicted octanol–water partition coefficient (Wildman–Crippen LogP) is 2.26. The van der Waals surface area contributed by atoms with Gasteiger partial charge < -0.3 is 10.3 Å². The molecule has 1 fully saturated rings. The zero-order valence-corrected chi connectivity index (χ0v) is 11.0. The Hall–Kier alpha value is -2.36. The molecule has 1 unspecified atom stereocenters. The number of nitrogens with one attached hydrogen (secondary N) is 2. The fourth-order valence-electron chi connectivity index (χ4n) is 2.34. The zero-order chi connectivity index (χ0) is 13.9. The Morgan fingerprint density at radius 3 is 2.50 bits per heavy atom. The van der Waals surface area contributed by atoms with Crippen molar-refractivity contribution in [1.29, 1.82) is 0 Å². The first-order valence-electron chi connectivity index (χ1n) is 6.78. The van der Waals surface area contributed by atoms with Gasteiger partial charge in [0.05, 0.1) is 11.6 Å². The van der Waals surface area contributed by atoms with E-state index in [2.05, 4.69) is 10.3 Å². The van der Waals surface area contributed by atoms with Crippen molar-refractivity contribution in [1.82, 2.24) is 10.3 Å². The van der Waals surface area contributed by atoms with Crippen LogP contribution in [0.3, 0.4) is 0 Å².